The van der Waals surface area contributed by atoms with Crippen molar-refractivity contribution in [2.75, 3.05) is 13.2 Å². The van der Waals surface area contributed by atoms with E-state index in [9.17, 15) is 9.18 Å². The van der Waals surface area contributed by atoms with Gasteiger partial charge in [0.25, 0.3) is 0 Å². The summed E-state index contributed by atoms with van der Waals surface area (Å²) in [6.45, 7) is 2.95. The van der Waals surface area contributed by atoms with Gasteiger partial charge in [-0.25, -0.2) is 19.0 Å². The van der Waals surface area contributed by atoms with Crippen LogP contribution in [0.3, 0.4) is 0 Å². The van der Waals surface area contributed by atoms with Crippen molar-refractivity contribution in [1.82, 2.24) is 25.0 Å². The monoisotopic (exact) mass is 410 g/mol. The first-order valence-corrected chi connectivity index (χ1v) is 9.23. The number of ether oxygens (including phenoxy) is 2. The van der Waals surface area contributed by atoms with Crippen molar-refractivity contribution in [3.63, 3.8) is 0 Å². The van der Waals surface area contributed by atoms with Crippen LogP contribution in [0.4, 0.5) is 4.39 Å². The molecule has 2 aromatic heterocycles. The number of nitrogens with two attached hydrogens (primary N) is 1. The molecule has 0 atom stereocenters. The number of benzene rings is 1. The van der Waals surface area contributed by atoms with Crippen LogP contribution in [0.5, 0.6) is 5.88 Å². The normalized spacial score (nSPS) is 14.1. The lowest BCUT2D eigenvalue weighted by atomic mass is 10.0. The second-order valence-electron chi connectivity index (χ2n) is 6.64. The van der Waals surface area contributed by atoms with Crippen molar-refractivity contribution < 1.29 is 18.7 Å². The molecule has 4 rings (SSSR count). The summed E-state index contributed by atoms with van der Waals surface area (Å²) in [5, 5.41) is 8.25. The van der Waals surface area contributed by atoms with E-state index in [-0.39, 0.29) is 35.4 Å². The lowest BCUT2D eigenvalue weighted by molar-refractivity contribution is -0.113. The Labute approximate surface area is 171 Å². The molecule has 9 nitrogen and oxygen atoms in total. The number of rotatable bonds is 6. The molecular weight excluding hydrogens is 391 g/mol. The summed E-state index contributed by atoms with van der Waals surface area (Å²) in [5.74, 6) is -0.415. The second-order valence-corrected chi connectivity index (χ2v) is 6.64. The molecule has 0 spiro atoms. The number of Topliss-reactive ketones (excluding diaryl/α,β-unsaturated/α-hetero) is 1. The number of aromatic nitrogens is 5. The maximum atomic E-state index is 13.1. The van der Waals surface area contributed by atoms with Gasteiger partial charge in [0.05, 0.1) is 43.4 Å². The van der Waals surface area contributed by atoms with Crippen LogP contribution >= 0.6 is 0 Å². The molecule has 0 bridgehead atoms. The number of hydrogen-bond donors (Lipinski definition) is 1. The van der Waals surface area contributed by atoms with Gasteiger partial charge in [-0.1, -0.05) is 5.21 Å². The number of ketones is 1. The molecule has 2 N–H and O–H groups in total. The van der Waals surface area contributed by atoms with E-state index >= 15 is 0 Å². The first-order chi connectivity index (χ1) is 14.5. The summed E-state index contributed by atoms with van der Waals surface area (Å²) in [6.07, 6.45) is 2.96. The molecule has 0 saturated carbocycles. The number of carbonyl (C=O) groups excluding carboxylic acids is 1. The largest absolute Gasteiger partial charge is 0.471 e. The quantitative estimate of drug-likeness (QED) is 0.611. The van der Waals surface area contributed by atoms with Crippen LogP contribution in [-0.4, -0.2) is 44.0 Å². The zero-order valence-corrected chi connectivity index (χ0v) is 16.2. The summed E-state index contributed by atoms with van der Waals surface area (Å²) in [6, 6.07) is 5.57. The number of hydrogen-bond acceptors (Lipinski definition) is 8. The molecule has 154 valence electrons. The molecule has 0 unspecified atom stereocenters. The van der Waals surface area contributed by atoms with Gasteiger partial charge < -0.3 is 15.2 Å². The molecule has 3 heterocycles. The molecule has 0 amide bonds. The van der Waals surface area contributed by atoms with E-state index in [2.05, 4.69) is 20.3 Å². The molecule has 30 heavy (non-hydrogen) atoms. The number of halogens is 1. The van der Waals surface area contributed by atoms with E-state index in [1.807, 2.05) is 0 Å². The van der Waals surface area contributed by atoms with Gasteiger partial charge in [-0.15, -0.1) is 5.10 Å². The van der Waals surface area contributed by atoms with Crippen LogP contribution in [-0.2, 0) is 22.7 Å². The second kappa shape index (κ2) is 8.37. The van der Waals surface area contributed by atoms with Crippen LogP contribution in [0.15, 0.2) is 42.2 Å². The lowest BCUT2D eigenvalue weighted by Crippen LogP contribution is -2.17. The Kier molecular flexibility index (Phi) is 5.48. The third-order valence-corrected chi connectivity index (χ3v) is 4.66. The molecule has 1 aliphatic rings. The Balaban J connectivity index is 1.50. The Hall–Kier alpha value is -3.66. The van der Waals surface area contributed by atoms with Crippen LogP contribution < -0.4 is 10.5 Å². The van der Waals surface area contributed by atoms with E-state index in [4.69, 9.17) is 15.2 Å². The summed E-state index contributed by atoms with van der Waals surface area (Å²) >= 11 is 0. The van der Waals surface area contributed by atoms with Crippen molar-refractivity contribution in [1.29, 1.82) is 0 Å². The number of nitrogens with zero attached hydrogens (tertiary/aromatic N) is 5. The van der Waals surface area contributed by atoms with Gasteiger partial charge in [-0.2, -0.15) is 0 Å². The highest BCUT2D eigenvalue weighted by Crippen LogP contribution is 2.22. The van der Waals surface area contributed by atoms with Crippen LogP contribution in [0.2, 0.25) is 0 Å². The molecule has 0 radical (unpaired) electrons. The van der Waals surface area contributed by atoms with Gasteiger partial charge in [-0.05, 0) is 36.8 Å². The summed E-state index contributed by atoms with van der Waals surface area (Å²) in [7, 11) is 0. The average molecular weight is 410 g/mol. The Morgan fingerprint density at radius 1 is 1.27 bits per heavy atom. The van der Waals surface area contributed by atoms with Gasteiger partial charge in [0, 0.05) is 5.70 Å². The van der Waals surface area contributed by atoms with Gasteiger partial charge in [-0.3, -0.25) is 4.79 Å². The smallest absolute Gasteiger partial charge is 0.232 e. The van der Waals surface area contributed by atoms with Crippen LogP contribution in [0.1, 0.15) is 18.2 Å². The average Bonchev–Trinajstić information content (AvgIpc) is 3.19. The Morgan fingerprint density at radius 3 is 2.77 bits per heavy atom. The minimum atomic E-state index is -0.386. The number of fused-ring (bicyclic) bond motifs is 1. The Bertz CT molecular complexity index is 1090. The third-order valence-electron chi connectivity index (χ3n) is 4.66. The maximum Gasteiger partial charge on any atom is 0.232 e. The molecule has 0 saturated heterocycles. The predicted octanol–water partition coefficient (Wildman–Crippen LogP) is 1.74. The van der Waals surface area contributed by atoms with Gasteiger partial charge in [0.1, 0.15) is 23.8 Å². The van der Waals surface area contributed by atoms with E-state index in [1.165, 1.54) is 43.6 Å². The highest BCUT2D eigenvalue weighted by molar-refractivity contribution is 6.00. The van der Waals surface area contributed by atoms with Gasteiger partial charge in [0.15, 0.2) is 5.78 Å². The zero-order chi connectivity index (χ0) is 21.1. The zero-order valence-electron chi connectivity index (χ0n) is 16.2. The highest BCUT2D eigenvalue weighted by atomic mass is 19.1. The van der Waals surface area contributed by atoms with E-state index in [0.717, 1.165) is 5.69 Å². The van der Waals surface area contributed by atoms with Crippen LogP contribution in [0.25, 0.3) is 17.1 Å². The minimum absolute atomic E-state index is 0.0954. The summed E-state index contributed by atoms with van der Waals surface area (Å²) in [4.78, 5) is 20.6. The SMILES string of the molecule is CC(=O)/C(COc1cnc(-c2nnn3c2COCC3)cn1)=C(\N)c1ccc(F)cc1. The standard InChI is InChI=1S/C20H19FN6O3/c1-12(28)15(19(22)13-2-4-14(21)5-3-13)10-30-18-9-23-16(8-24-18)20-17-11-29-7-6-27(17)26-25-20/h2-5,8-9H,6-7,10-11,22H2,1H3/b19-15-. The van der Waals surface area contributed by atoms with Gasteiger partial charge >= 0.3 is 0 Å². The molecule has 10 heteroatoms. The maximum absolute atomic E-state index is 13.1. The van der Waals surface area contributed by atoms with Crippen molar-refractivity contribution in [2.45, 2.75) is 20.1 Å². The third kappa shape index (κ3) is 4.03. The first kappa shape index (κ1) is 19.6. The van der Waals surface area contributed by atoms with Crippen molar-refractivity contribution in [2.24, 2.45) is 5.73 Å². The summed E-state index contributed by atoms with van der Waals surface area (Å²) < 4.78 is 26.0. The Morgan fingerprint density at radius 2 is 2.07 bits per heavy atom. The first-order valence-electron chi connectivity index (χ1n) is 9.23. The minimum Gasteiger partial charge on any atom is -0.471 e. The molecule has 1 aromatic carbocycles. The molecule has 0 fully saturated rings. The molecule has 3 aromatic rings. The highest BCUT2D eigenvalue weighted by Gasteiger charge is 2.19. The molecular formula is C20H19FN6O3. The van der Waals surface area contributed by atoms with Crippen molar-refractivity contribution in [3.8, 4) is 17.3 Å². The van der Waals surface area contributed by atoms with Crippen molar-refractivity contribution >= 4 is 11.5 Å². The van der Waals surface area contributed by atoms with Gasteiger partial charge in [0.2, 0.25) is 5.88 Å². The van der Waals surface area contributed by atoms with E-state index in [1.54, 1.807) is 4.68 Å². The van der Waals surface area contributed by atoms with Crippen molar-refractivity contribution in [3.05, 3.63) is 59.3 Å². The fraction of sp³-hybridized carbons (Fsp3) is 0.250. The topological polar surface area (TPSA) is 118 Å². The molecule has 0 aliphatic carbocycles. The molecule has 1 aliphatic heterocycles. The fourth-order valence-corrected chi connectivity index (χ4v) is 3.01. The number of carbonyl (C=O) groups is 1. The predicted molar refractivity (Wildman–Crippen MR) is 104 cm³/mol. The van der Waals surface area contributed by atoms with E-state index < -0.39 is 0 Å². The summed E-state index contributed by atoms with van der Waals surface area (Å²) in [5.41, 5.74) is 9.12. The fourth-order valence-electron chi connectivity index (χ4n) is 3.01. The van der Waals surface area contributed by atoms with Crippen LogP contribution in [0, 0.1) is 5.82 Å². The lowest BCUT2D eigenvalue weighted by Gasteiger charge is -2.14. The van der Waals surface area contributed by atoms with E-state index in [0.29, 0.717) is 36.7 Å².